The smallest absolute Gasteiger partial charge is 0.181 e. The summed E-state index contributed by atoms with van der Waals surface area (Å²) < 4.78 is 1.98. The standard InChI is InChI=1S/C7H4BrClN2S/c8-3-1-2-4(9)5-6(3)12-7(10)11-5/h1-2H,(H2,10,11). The van der Waals surface area contributed by atoms with E-state index in [1.807, 2.05) is 6.07 Å². The lowest BCUT2D eigenvalue weighted by Gasteiger charge is -1.92. The molecular formula is C7H4BrClN2S. The van der Waals surface area contributed by atoms with E-state index in [1.54, 1.807) is 6.07 Å². The largest absolute Gasteiger partial charge is 0.375 e. The summed E-state index contributed by atoms with van der Waals surface area (Å²) in [6.07, 6.45) is 0. The van der Waals surface area contributed by atoms with Crippen molar-refractivity contribution < 1.29 is 0 Å². The van der Waals surface area contributed by atoms with E-state index in [0.717, 1.165) is 14.7 Å². The third-order valence-corrected chi connectivity index (χ3v) is 3.61. The highest BCUT2D eigenvalue weighted by atomic mass is 79.9. The van der Waals surface area contributed by atoms with Crippen LogP contribution in [0, 0.1) is 0 Å². The molecule has 1 aromatic carbocycles. The summed E-state index contributed by atoms with van der Waals surface area (Å²) in [7, 11) is 0. The predicted octanol–water partition coefficient (Wildman–Crippen LogP) is 3.29. The Kier molecular flexibility index (Phi) is 1.98. The van der Waals surface area contributed by atoms with Crippen molar-refractivity contribution in [3.05, 3.63) is 21.6 Å². The van der Waals surface area contributed by atoms with E-state index in [0.29, 0.717) is 10.2 Å². The molecule has 12 heavy (non-hydrogen) atoms. The van der Waals surface area contributed by atoms with Gasteiger partial charge < -0.3 is 5.73 Å². The molecule has 0 saturated heterocycles. The molecule has 1 heterocycles. The topological polar surface area (TPSA) is 38.9 Å². The van der Waals surface area contributed by atoms with E-state index in [2.05, 4.69) is 20.9 Å². The Morgan fingerprint density at radius 2 is 2.25 bits per heavy atom. The maximum Gasteiger partial charge on any atom is 0.181 e. The second-order valence-electron chi connectivity index (χ2n) is 2.26. The summed E-state index contributed by atoms with van der Waals surface area (Å²) in [6.45, 7) is 0. The Morgan fingerprint density at radius 1 is 1.50 bits per heavy atom. The Hall–Kier alpha value is -0.320. The molecule has 62 valence electrons. The fourth-order valence-electron chi connectivity index (χ4n) is 0.961. The predicted molar refractivity (Wildman–Crippen MR) is 56.7 cm³/mol. The van der Waals surface area contributed by atoms with Crippen LogP contribution in [0.3, 0.4) is 0 Å². The summed E-state index contributed by atoms with van der Waals surface area (Å²) >= 11 is 10.7. The molecule has 2 nitrogen and oxygen atoms in total. The molecular weight excluding hydrogens is 260 g/mol. The molecule has 2 rings (SSSR count). The Bertz CT molecular complexity index is 401. The number of hydrogen-bond acceptors (Lipinski definition) is 3. The van der Waals surface area contributed by atoms with Crippen molar-refractivity contribution in [1.29, 1.82) is 0 Å². The van der Waals surface area contributed by atoms with Crippen LogP contribution in [0.5, 0.6) is 0 Å². The number of nitrogen functional groups attached to an aromatic ring is 1. The highest BCUT2D eigenvalue weighted by Crippen LogP contribution is 2.34. The average Bonchev–Trinajstić information content (AvgIpc) is 2.41. The minimum absolute atomic E-state index is 0.541. The van der Waals surface area contributed by atoms with E-state index in [-0.39, 0.29) is 0 Å². The molecule has 2 aromatic rings. The fraction of sp³-hybridized carbons (Fsp3) is 0. The molecule has 0 aliphatic carbocycles. The van der Waals surface area contributed by atoms with Crippen molar-refractivity contribution in [3.63, 3.8) is 0 Å². The Balaban J connectivity index is 2.93. The van der Waals surface area contributed by atoms with Crippen molar-refractivity contribution in [2.75, 3.05) is 5.73 Å². The number of nitrogens with zero attached hydrogens (tertiary/aromatic N) is 1. The van der Waals surface area contributed by atoms with E-state index in [1.165, 1.54) is 11.3 Å². The number of halogens is 2. The number of rotatable bonds is 0. The van der Waals surface area contributed by atoms with Crippen LogP contribution in [0.1, 0.15) is 0 Å². The monoisotopic (exact) mass is 262 g/mol. The van der Waals surface area contributed by atoms with Crippen molar-refractivity contribution in [2.24, 2.45) is 0 Å². The number of aromatic nitrogens is 1. The quantitative estimate of drug-likeness (QED) is 0.792. The van der Waals surface area contributed by atoms with Gasteiger partial charge in [-0.15, -0.1) is 0 Å². The first kappa shape index (κ1) is 8.29. The van der Waals surface area contributed by atoms with Crippen LogP contribution in [-0.4, -0.2) is 4.98 Å². The zero-order valence-electron chi connectivity index (χ0n) is 5.84. The molecule has 5 heteroatoms. The maximum absolute atomic E-state index is 5.91. The van der Waals surface area contributed by atoms with Crippen molar-refractivity contribution >= 4 is 54.2 Å². The van der Waals surface area contributed by atoms with Crippen LogP contribution in [0.4, 0.5) is 5.13 Å². The minimum Gasteiger partial charge on any atom is -0.375 e. The van der Waals surface area contributed by atoms with Gasteiger partial charge in [-0.05, 0) is 28.1 Å². The minimum atomic E-state index is 0.541. The van der Waals surface area contributed by atoms with Gasteiger partial charge in [-0.1, -0.05) is 22.9 Å². The molecule has 0 aliphatic heterocycles. The summed E-state index contributed by atoms with van der Waals surface area (Å²) in [5.41, 5.74) is 6.33. The molecule has 0 fully saturated rings. The number of thiazole rings is 1. The number of nitrogens with two attached hydrogens (primary N) is 1. The van der Waals surface area contributed by atoms with Crippen LogP contribution in [0.15, 0.2) is 16.6 Å². The highest BCUT2D eigenvalue weighted by Gasteiger charge is 2.07. The number of anilines is 1. The lowest BCUT2D eigenvalue weighted by molar-refractivity contribution is 1.49. The van der Waals surface area contributed by atoms with Crippen LogP contribution in [0.25, 0.3) is 10.2 Å². The summed E-state index contributed by atoms with van der Waals surface area (Å²) in [5.74, 6) is 0. The second kappa shape index (κ2) is 2.87. The molecule has 0 saturated carbocycles. The number of hydrogen-bond donors (Lipinski definition) is 1. The number of benzene rings is 1. The van der Waals surface area contributed by atoms with Gasteiger partial charge in [-0.3, -0.25) is 0 Å². The van der Waals surface area contributed by atoms with Gasteiger partial charge in [0.05, 0.1) is 9.72 Å². The molecule has 0 atom stereocenters. The average molecular weight is 264 g/mol. The van der Waals surface area contributed by atoms with Gasteiger partial charge in [-0.25, -0.2) is 4.98 Å². The molecule has 0 radical (unpaired) electrons. The molecule has 1 aromatic heterocycles. The Morgan fingerprint density at radius 3 is 2.92 bits per heavy atom. The van der Waals surface area contributed by atoms with Crippen LogP contribution in [0.2, 0.25) is 5.02 Å². The van der Waals surface area contributed by atoms with Crippen molar-refractivity contribution in [3.8, 4) is 0 Å². The summed E-state index contributed by atoms with van der Waals surface area (Å²) in [4.78, 5) is 4.11. The Labute approximate surface area is 86.5 Å². The third kappa shape index (κ3) is 1.20. The summed E-state index contributed by atoms with van der Waals surface area (Å²) in [6, 6.07) is 3.69. The van der Waals surface area contributed by atoms with E-state index in [4.69, 9.17) is 17.3 Å². The van der Waals surface area contributed by atoms with E-state index >= 15 is 0 Å². The fourth-order valence-corrected chi connectivity index (χ4v) is 2.54. The number of fused-ring (bicyclic) bond motifs is 1. The van der Waals surface area contributed by atoms with E-state index < -0.39 is 0 Å². The van der Waals surface area contributed by atoms with Crippen molar-refractivity contribution in [2.45, 2.75) is 0 Å². The molecule has 2 N–H and O–H groups in total. The van der Waals surface area contributed by atoms with Crippen LogP contribution < -0.4 is 5.73 Å². The van der Waals surface area contributed by atoms with Gasteiger partial charge in [0.1, 0.15) is 5.52 Å². The van der Waals surface area contributed by atoms with Gasteiger partial charge in [0.15, 0.2) is 5.13 Å². The van der Waals surface area contributed by atoms with Crippen molar-refractivity contribution in [1.82, 2.24) is 4.98 Å². The first-order chi connectivity index (χ1) is 5.68. The van der Waals surface area contributed by atoms with Gasteiger partial charge >= 0.3 is 0 Å². The van der Waals surface area contributed by atoms with Gasteiger partial charge in [0.2, 0.25) is 0 Å². The second-order valence-corrected chi connectivity index (χ2v) is 4.55. The molecule has 0 aliphatic rings. The van der Waals surface area contributed by atoms with Gasteiger partial charge in [0.25, 0.3) is 0 Å². The zero-order valence-corrected chi connectivity index (χ0v) is 9.00. The molecule has 0 spiro atoms. The highest BCUT2D eigenvalue weighted by molar-refractivity contribution is 9.10. The maximum atomic E-state index is 5.91. The van der Waals surface area contributed by atoms with Gasteiger partial charge in [0, 0.05) is 4.47 Å². The first-order valence-corrected chi connectivity index (χ1v) is 5.17. The molecule has 0 unspecified atom stereocenters. The van der Waals surface area contributed by atoms with E-state index in [9.17, 15) is 0 Å². The summed E-state index contributed by atoms with van der Waals surface area (Å²) in [5, 5.41) is 1.18. The molecule has 0 amide bonds. The van der Waals surface area contributed by atoms with Crippen LogP contribution >= 0.6 is 38.9 Å². The van der Waals surface area contributed by atoms with Crippen LogP contribution in [-0.2, 0) is 0 Å². The third-order valence-electron chi connectivity index (χ3n) is 1.46. The first-order valence-electron chi connectivity index (χ1n) is 3.18. The zero-order chi connectivity index (χ0) is 8.72. The lowest BCUT2D eigenvalue weighted by Crippen LogP contribution is -1.79. The normalized spacial score (nSPS) is 10.8. The lowest BCUT2D eigenvalue weighted by atomic mass is 10.3. The SMILES string of the molecule is Nc1nc2c(Cl)ccc(Br)c2s1. The molecule has 0 bridgehead atoms. The van der Waals surface area contributed by atoms with Gasteiger partial charge in [-0.2, -0.15) is 0 Å².